The Morgan fingerprint density at radius 1 is 1.25 bits per heavy atom. The van der Waals surface area contributed by atoms with Gasteiger partial charge in [-0.05, 0) is 0 Å². The number of ketones is 1. The van der Waals surface area contributed by atoms with Crippen molar-refractivity contribution in [2.45, 2.75) is 30.4 Å². The summed E-state index contributed by atoms with van der Waals surface area (Å²) in [6.45, 7) is 2.53. The van der Waals surface area contributed by atoms with E-state index in [1.54, 1.807) is 0 Å². The molecule has 0 saturated carbocycles. The number of aliphatic hydroxyl groups excluding tert-OH is 4. The van der Waals surface area contributed by atoms with E-state index in [4.69, 9.17) is 21.7 Å². The zero-order valence-electron chi connectivity index (χ0n) is 8.73. The van der Waals surface area contributed by atoms with Crippen molar-refractivity contribution in [3.63, 3.8) is 0 Å². The largest absolute Gasteiger partial charge is 0.394 e. The summed E-state index contributed by atoms with van der Waals surface area (Å²) < 4.78 is 0. The molecule has 16 heavy (non-hydrogen) atoms. The number of rotatable bonds is 7. The molecule has 0 aromatic heterocycles. The van der Waals surface area contributed by atoms with Crippen LogP contribution in [-0.4, -0.2) is 63.2 Å². The molecule has 0 saturated heterocycles. The maximum atomic E-state index is 11.4. The van der Waals surface area contributed by atoms with Gasteiger partial charge in [0.05, 0.1) is 18.7 Å². The van der Waals surface area contributed by atoms with Gasteiger partial charge in [-0.15, -0.1) is 6.58 Å². The quantitative estimate of drug-likeness (QED) is 0.250. The Labute approximate surface area is 93.0 Å². The van der Waals surface area contributed by atoms with Crippen molar-refractivity contribution in [1.29, 1.82) is 0 Å². The number of Topliss-reactive ketones (excluding diaryl/α,β-unsaturated/α-hetero) is 1. The van der Waals surface area contributed by atoms with E-state index in [1.165, 1.54) is 0 Å². The van der Waals surface area contributed by atoms with Crippen LogP contribution >= 0.6 is 0 Å². The lowest BCUT2D eigenvalue weighted by Crippen LogP contribution is -2.56. The van der Waals surface area contributed by atoms with Crippen molar-refractivity contribution >= 4 is 5.78 Å². The van der Waals surface area contributed by atoms with Gasteiger partial charge in [0.1, 0.15) is 18.3 Å². The first-order valence-corrected chi connectivity index (χ1v) is 4.69. The minimum absolute atomic E-state index is 0.716. The van der Waals surface area contributed by atoms with Crippen molar-refractivity contribution in [3.8, 4) is 0 Å². The van der Waals surface area contributed by atoms with E-state index in [2.05, 4.69) is 6.58 Å². The van der Waals surface area contributed by atoms with Gasteiger partial charge >= 0.3 is 0 Å². The van der Waals surface area contributed by atoms with Crippen LogP contribution in [0.1, 0.15) is 0 Å². The summed E-state index contributed by atoms with van der Waals surface area (Å²) in [6, 6.07) is -2.51. The molecule has 7 heteroatoms. The Morgan fingerprint density at radius 2 is 1.75 bits per heavy atom. The SMILES string of the molecule is C=CC(N)C(=O)[C@H](N)[C@@H](O)[C@H](O)[C@H](O)CO. The lowest BCUT2D eigenvalue weighted by atomic mass is 9.95. The second kappa shape index (κ2) is 6.69. The Bertz CT molecular complexity index is 248. The molecule has 0 amide bonds. The highest BCUT2D eigenvalue weighted by Crippen LogP contribution is 2.05. The van der Waals surface area contributed by atoms with Crippen molar-refractivity contribution in [3.05, 3.63) is 12.7 Å². The van der Waals surface area contributed by atoms with E-state index in [-0.39, 0.29) is 0 Å². The summed E-state index contributed by atoms with van der Waals surface area (Å²) in [5.41, 5.74) is 10.7. The highest BCUT2D eigenvalue weighted by Gasteiger charge is 2.34. The van der Waals surface area contributed by atoms with Crippen LogP contribution in [0.4, 0.5) is 0 Å². The molecule has 0 fully saturated rings. The fourth-order valence-electron chi connectivity index (χ4n) is 1.05. The molecule has 8 N–H and O–H groups in total. The summed E-state index contributed by atoms with van der Waals surface area (Å²) in [4.78, 5) is 11.4. The predicted molar refractivity (Wildman–Crippen MR) is 56.3 cm³/mol. The minimum atomic E-state index is -1.72. The van der Waals surface area contributed by atoms with Gasteiger partial charge in [0, 0.05) is 0 Å². The van der Waals surface area contributed by atoms with E-state index in [0.29, 0.717) is 0 Å². The van der Waals surface area contributed by atoms with Gasteiger partial charge in [-0.25, -0.2) is 0 Å². The number of hydrogen-bond donors (Lipinski definition) is 6. The maximum absolute atomic E-state index is 11.4. The Hall–Kier alpha value is -0.830. The van der Waals surface area contributed by atoms with Gasteiger partial charge in [-0.3, -0.25) is 4.79 Å². The molecule has 0 bridgehead atoms. The molecule has 0 aliphatic rings. The third kappa shape index (κ3) is 3.63. The highest BCUT2D eigenvalue weighted by molar-refractivity contribution is 5.90. The zero-order valence-corrected chi connectivity index (χ0v) is 8.73. The lowest BCUT2D eigenvalue weighted by molar-refractivity contribution is -0.129. The van der Waals surface area contributed by atoms with Gasteiger partial charge in [0.25, 0.3) is 0 Å². The van der Waals surface area contributed by atoms with Gasteiger partial charge in [0.15, 0.2) is 5.78 Å². The summed E-state index contributed by atoms with van der Waals surface area (Å²) in [7, 11) is 0. The van der Waals surface area contributed by atoms with Crippen LogP contribution in [0, 0.1) is 0 Å². The van der Waals surface area contributed by atoms with E-state index in [0.717, 1.165) is 6.08 Å². The number of carbonyl (C=O) groups excluding carboxylic acids is 1. The first kappa shape index (κ1) is 15.2. The maximum Gasteiger partial charge on any atom is 0.172 e. The summed E-state index contributed by atoms with van der Waals surface area (Å²) in [5, 5.41) is 36.3. The van der Waals surface area contributed by atoms with Crippen LogP contribution in [0.2, 0.25) is 0 Å². The van der Waals surface area contributed by atoms with Crippen LogP contribution < -0.4 is 11.5 Å². The molecular formula is C9H18N2O5. The smallest absolute Gasteiger partial charge is 0.172 e. The normalized spacial score (nSPS) is 20.6. The van der Waals surface area contributed by atoms with Crippen molar-refractivity contribution in [2.24, 2.45) is 11.5 Å². The Balaban J connectivity index is 4.54. The number of hydrogen-bond acceptors (Lipinski definition) is 7. The predicted octanol–water partition coefficient (Wildman–Crippen LogP) is -3.53. The summed E-state index contributed by atoms with van der Waals surface area (Å²) in [5.74, 6) is -0.716. The fraction of sp³-hybridized carbons (Fsp3) is 0.667. The van der Waals surface area contributed by atoms with E-state index < -0.39 is 42.8 Å². The second-order valence-corrected chi connectivity index (χ2v) is 3.42. The molecule has 0 radical (unpaired) electrons. The molecular weight excluding hydrogens is 216 g/mol. The molecule has 0 aromatic carbocycles. The molecule has 5 atom stereocenters. The molecule has 0 spiro atoms. The highest BCUT2D eigenvalue weighted by atomic mass is 16.4. The topological polar surface area (TPSA) is 150 Å². The standard InChI is InChI=1S/C9H18N2O5/c1-2-4(10)7(14)6(11)9(16)8(15)5(13)3-12/h2,4-6,8-9,12-13,15-16H,1,3,10-11H2/t4?,5-,6+,8-,9-/m1/s1. The second-order valence-electron chi connectivity index (χ2n) is 3.42. The monoisotopic (exact) mass is 234 g/mol. The number of nitrogens with two attached hydrogens (primary N) is 2. The van der Waals surface area contributed by atoms with Gasteiger partial charge in [-0.2, -0.15) is 0 Å². The lowest BCUT2D eigenvalue weighted by Gasteiger charge is -2.26. The van der Waals surface area contributed by atoms with E-state index in [1.807, 2.05) is 0 Å². The van der Waals surface area contributed by atoms with Crippen LogP contribution in [0.3, 0.4) is 0 Å². The molecule has 0 heterocycles. The summed E-state index contributed by atoms with van der Waals surface area (Å²) >= 11 is 0. The third-order valence-corrected chi connectivity index (χ3v) is 2.21. The molecule has 0 aliphatic heterocycles. The average Bonchev–Trinajstić information content (AvgIpc) is 2.32. The van der Waals surface area contributed by atoms with Crippen LogP contribution in [-0.2, 0) is 4.79 Å². The van der Waals surface area contributed by atoms with E-state index in [9.17, 15) is 15.0 Å². The van der Waals surface area contributed by atoms with Crippen LogP contribution in [0.25, 0.3) is 0 Å². The van der Waals surface area contributed by atoms with Crippen molar-refractivity contribution < 1.29 is 25.2 Å². The first-order chi connectivity index (χ1) is 7.36. The van der Waals surface area contributed by atoms with Crippen molar-refractivity contribution in [2.75, 3.05) is 6.61 Å². The van der Waals surface area contributed by atoms with Gasteiger partial charge < -0.3 is 31.9 Å². The number of carbonyl (C=O) groups is 1. The summed E-state index contributed by atoms with van der Waals surface area (Å²) in [6.07, 6.45) is -3.86. The van der Waals surface area contributed by atoms with Gasteiger partial charge in [0.2, 0.25) is 0 Å². The third-order valence-electron chi connectivity index (χ3n) is 2.21. The molecule has 94 valence electrons. The molecule has 0 aliphatic carbocycles. The average molecular weight is 234 g/mol. The molecule has 0 rings (SSSR count). The minimum Gasteiger partial charge on any atom is -0.394 e. The van der Waals surface area contributed by atoms with Crippen LogP contribution in [0.5, 0.6) is 0 Å². The molecule has 0 aromatic rings. The Kier molecular flexibility index (Phi) is 6.34. The van der Waals surface area contributed by atoms with E-state index >= 15 is 0 Å². The Morgan fingerprint density at radius 3 is 2.12 bits per heavy atom. The fourth-order valence-corrected chi connectivity index (χ4v) is 1.05. The first-order valence-electron chi connectivity index (χ1n) is 4.69. The van der Waals surface area contributed by atoms with Gasteiger partial charge in [-0.1, -0.05) is 6.08 Å². The number of aliphatic hydroxyl groups is 4. The molecule has 7 nitrogen and oxygen atoms in total. The molecule has 1 unspecified atom stereocenters. The van der Waals surface area contributed by atoms with Crippen molar-refractivity contribution in [1.82, 2.24) is 0 Å². The zero-order chi connectivity index (χ0) is 12.9. The van der Waals surface area contributed by atoms with Crippen LogP contribution in [0.15, 0.2) is 12.7 Å².